The molecule has 1 unspecified atom stereocenters. The molecule has 0 heterocycles. The minimum atomic E-state index is -4.62. The number of nitrogens with two attached hydrogens (primary N) is 1. The van der Waals surface area contributed by atoms with Gasteiger partial charge in [-0.05, 0) is 30.5 Å². The van der Waals surface area contributed by atoms with Gasteiger partial charge in [0.2, 0.25) is 0 Å². The molecule has 0 aliphatic heterocycles. The standard InChI is InChI=1S/C13H18F3NO2S/c1-8(2)9(3)20(18,19)7-10-4-5-11(17)6-12(10)13(14,15)16/h4-6,8-9H,7,17H2,1-3H3. The first-order chi connectivity index (χ1) is 8.95. The van der Waals surface area contributed by atoms with Gasteiger partial charge in [0.15, 0.2) is 9.84 Å². The number of benzene rings is 1. The minimum Gasteiger partial charge on any atom is -0.399 e. The van der Waals surface area contributed by atoms with E-state index < -0.39 is 32.6 Å². The van der Waals surface area contributed by atoms with Crippen LogP contribution < -0.4 is 5.73 Å². The molecule has 0 aliphatic rings. The number of rotatable bonds is 4. The molecule has 0 saturated heterocycles. The third-order valence-corrected chi connectivity index (χ3v) is 5.69. The van der Waals surface area contributed by atoms with E-state index in [-0.39, 0.29) is 17.2 Å². The van der Waals surface area contributed by atoms with Crippen LogP contribution in [0.1, 0.15) is 31.9 Å². The van der Waals surface area contributed by atoms with Gasteiger partial charge >= 0.3 is 6.18 Å². The molecule has 0 fully saturated rings. The van der Waals surface area contributed by atoms with Crippen LogP contribution in [0.5, 0.6) is 0 Å². The van der Waals surface area contributed by atoms with Crippen LogP contribution in [0.2, 0.25) is 0 Å². The van der Waals surface area contributed by atoms with Gasteiger partial charge in [-0.25, -0.2) is 8.42 Å². The summed E-state index contributed by atoms with van der Waals surface area (Å²) in [6.45, 7) is 4.94. The van der Waals surface area contributed by atoms with Gasteiger partial charge in [-0.2, -0.15) is 13.2 Å². The van der Waals surface area contributed by atoms with E-state index in [1.54, 1.807) is 13.8 Å². The van der Waals surface area contributed by atoms with Gasteiger partial charge in [0.25, 0.3) is 0 Å². The van der Waals surface area contributed by atoms with Crippen molar-refractivity contribution in [3.8, 4) is 0 Å². The molecule has 0 aliphatic carbocycles. The number of nitrogen functional groups attached to an aromatic ring is 1. The van der Waals surface area contributed by atoms with E-state index in [4.69, 9.17) is 5.73 Å². The first-order valence-corrected chi connectivity index (χ1v) is 7.84. The maximum Gasteiger partial charge on any atom is 0.416 e. The molecule has 3 nitrogen and oxygen atoms in total. The Morgan fingerprint density at radius 2 is 1.75 bits per heavy atom. The van der Waals surface area contributed by atoms with E-state index in [2.05, 4.69) is 0 Å². The van der Waals surface area contributed by atoms with Gasteiger partial charge in [-0.3, -0.25) is 0 Å². The lowest BCUT2D eigenvalue weighted by Crippen LogP contribution is -2.26. The molecule has 0 aromatic heterocycles. The molecule has 7 heteroatoms. The van der Waals surface area contributed by atoms with Gasteiger partial charge < -0.3 is 5.73 Å². The number of anilines is 1. The van der Waals surface area contributed by atoms with Crippen LogP contribution in [0.4, 0.5) is 18.9 Å². The van der Waals surface area contributed by atoms with E-state index >= 15 is 0 Å². The third-order valence-electron chi connectivity index (χ3n) is 3.30. The first-order valence-electron chi connectivity index (χ1n) is 6.12. The second kappa shape index (κ2) is 5.63. The quantitative estimate of drug-likeness (QED) is 0.869. The average molecular weight is 309 g/mol. The van der Waals surface area contributed by atoms with Gasteiger partial charge in [0, 0.05) is 5.69 Å². The van der Waals surface area contributed by atoms with E-state index in [9.17, 15) is 21.6 Å². The monoisotopic (exact) mass is 309 g/mol. The van der Waals surface area contributed by atoms with Crippen LogP contribution in [0, 0.1) is 5.92 Å². The molecule has 1 aromatic carbocycles. The van der Waals surface area contributed by atoms with Crippen molar-refractivity contribution in [2.45, 2.75) is 38.0 Å². The zero-order valence-corrected chi connectivity index (χ0v) is 12.3. The Kier molecular flexibility index (Phi) is 4.74. The summed E-state index contributed by atoms with van der Waals surface area (Å²) in [5.74, 6) is -0.801. The molecule has 0 amide bonds. The van der Waals surface area contributed by atoms with Crippen molar-refractivity contribution in [3.05, 3.63) is 29.3 Å². The number of sulfone groups is 1. The maximum atomic E-state index is 12.9. The van der Waals surface area contributed by atoms with Crippen LogP contribution in [0.3, 0.4) is 0 Å². The Hall–Kier alpha value is -1.24. The molecule has 1 atom stereocenters. The van der Waals surface area contributed by atoms with Crippen molar-refractivity contribution in [3.63, 3.8) is 0 Å². The fraction of sp³-hybridized carbons (Fsp3) is 0.538. The summed E-state index contributed by atoms with van der Waals surface area (Å²) in [4.78, 5) is 0. The number of alkyl halides is 3. The van der Waals surface area contributed by atoms with Crippen molar-refractivity contribution in [2.75, 3.05) is 5.73 Å². The van der Waals surface area contributed by atoms with Crippen molar-refractivity contribution in [1.82, 2.24) is 0 Å². The summed E-state index contributed by atoms with van der Waals surface area (Å²) in [6.07, 6.45) is -4.62. The molecule has 0 bridgehead atoms. The van der Waals surface area contributed by atoms with Gasteiger partial charge in [0.05, 0.1) is 16.6 Å². The topological polar surface area (TPSA) is 60.2 Å². The largest absolute Gasteiger partial charge is 0.416 e. The van der Waals surface area contributed by atoms with Crippen LogP contribution >= 0.6 is 0 Å². The molecule has 0 radical (unpaired) electrons. The Labute approximate surface area is 116 Å². The highest BCUT2D eigenvalue weighted by atomic mass is 32.2. The van der Waals surface area contributed by atoms with Crippen LogP contribution in [0.15, 0.2) is 18.2 Å². The van der Waals surface area contributed by atoms with Crippen molar-refractivity contribution < 1.29 is 21.6 Å². The lowest BCUT2D eigenvalue weighted by Gasteiger charge is -2.19. The lowest BCUT2D eigenvalue weighted by molar-refractivity contribution is -0.138. The van der Waals surface area contributed by atoms with E-state index in [1.165, 1.54) is 13.0 Å². The van der Waals surface area contributed by atoms with Gasteiger partial charge in [-0.15, -0.1) is 0 Å². The predicted molar refractivity (Wildman–Crippen MR) is 72.8 cm³/mol. The smallest absolute Gasteiger partial charge is 0.399 e. The summed E-state index contributed by atoms with van der Waals surface area (Å²) in [6, 6.07) is 3.17. The highest BCUT2D eigenvalue weighted by molar-refractivity contribution is 7.91. The van der Waals surface area contributed by atoms with Gasteiger partial charge in [-0.1, -0.05) is 19.9 Å². The Balaban J connectivity index is 3.23. The number of hydrogen-bond acceptors (Lipinski definition) is 3. The van der Waals surface area contributed by atoms with Crippen molar-refractivity contribution in [1.29, 1.82) is 0 Å². The second-order valence-electron chi connectivity index (χ2n) is 5.17. The van der Waals surface area contributed by atoms with Crippen molar-refractivity contribution in [2.24, 2.45) is 5.92 Å². The molecule has 20 heavy (non-hydrogen) atoms. The van der Waals surface area contributed by atoms with Crippen LogP contribution in [-0.2, 0) is 21.8 Å². The zero-order valence-electron chi connectivity index (χ0n) is 11.5. The highest BCUT2D eigenvalue weighted by Crippen LogP contribution is 2.34. The molecule has 0 spiro atoms. The van der Waals surface area contributed by atoms with Gasteiger partial charge in [0.1, 0.15) is 0 Å². The Morgan fingerprint density at radius 1 is 1.20 bits per heavy atom. The highest BCUT2D eigenvalue weighted by Gasteiger charge is 2.35. The molecule has 114 valence electrons. The third kappa shape index (κ3) is 3.88. The van der Waals surface area contributed by atoms with E-state index in [1.807, 2.05) is 0 Å². The summed E-state index contributed by atoms with van der Waals surface area (Å²) in [7, 11) is -3.65. The fourth-order valence-corrected chi connectivity index (χ4v) is 3.52. The number of hydrogen-bond donors (Lipinski definition) is 1. The second-order valence-corrected chi connectivity index (χ2v) is 7.53. The number of halogens is 3. The SMILES string of the molecule is CC(C)C(C)S(=O)(=O)Cc1ccc(N)cc1C(F)(F)F. The Bertz CT molecular complexity index is 580. The summed E-state index contributed by atoms with van der Waals surface area (Å²) >= 11 is 0. The normalized spacial score (nSPS) is 14.6. The maximum absolute atomic E-state index is 12.9. The summed E-state index contributed by atoms with van der Waals surface area (Å²) in [5, 5.41) is -0.707. The lowest BCUT2D eigenvalue weighted by atomic mass is 10.1. The Morgan fingerprint density at radius 3 is 2.20 bits per heavy atom. The average Bonchev–Trinajstić information content (AvgIpc) is 2.28. The molecular formula is C13H18F3NO2S. The van der Waals surface area contributed by atoms with Crippen LogP contribution in [-0.4, -0.2) is 13.7 Å². The van der Waals surface area contributed by atoms with E-state index in [0.29, 0.717) is 0 Å². The fourth-order valence-electron chi connectivity index (χ4n) is 1.75. The van der Waals surface area contributed by atoms with E-state index in [0.717, 1.165) is 12.1 Å². The zero-order chi connectivity index (χ0) is 15.7. The van der Waals surface area contributed by atoms with Crippen molar-refractivity contribution >= 4 is 15.5 Å². The summed E-state index contributed by atoms with van der Waals surface area (Å²) in [5.41, 5.74) is 4.05. The summed E-state index contributed by atoms with van der Waals surface area (Å²) < 4.78 is 63.0. The minimum absolute atomic E-state index is 0.0459. The first kappa shape index (κ1) is 16.8. The predicted octanol–water partition coefficient (Wildman–Crippen LogP) is 3.25. The molecule has 2 N–H and O–H groups in total. The molecule has 0 saturated carbocycles. The molecule has 1 rings (SSSR count). The molecular weight excluding hydrogens is 291 g/mol. The van der Waals surface area contributed by atoms with Crippen LogP contribution in [0.25, 0.3) is 0 Å². The molecule has 1 aromatic rings.